The summed E-state index contributed by atoms with van der Waals surface area (Å²) in [6.07, 6.45) is 10.9. The molecule has 1 aromatic rings. The fourth-order valence-corrected chi connectivity index (χ4v) is 3.82. The Hall–Kier alpha value is -2.29. The third-order valence-electron chi connectivity index (χ3n) is 5.92. The number of aliphatic hydroxyl groups is 1. The van der Waals surface area contributed by atoms with Crippen LogP contribution in [-0.2, 0) is 23.8 Å². The van der Waals surface area contributed by atoms with Gasteiger partial charge in [-0.05, 0) is 37.1 Å². The Morgan fingerprint density at radius 1 is 0.676 bits per heavy atom. The van der Waals surface area contributed by atoms with Crippen molar-refractivity contribution in [2.24, 2.45) is 0 Å². The molecule has 37 heavy (non-hydrogen) atoms. The number of esters is 1. The van der Waals surface area contributed by atoms with Gasteiger partial charge in [-0.1, -0.05) is 65.2 Å². The van der Waals surface area contributed by atoms with E-state index < -0.39 is 5.97 Å². The summed E-state index contributed by atoms with van der Waals surface area (Å²) in [4.78, 5) is 39.7. The lowest BCUT2D eigenvalue weighted by Crippen LogP contribution is -2.36. The number of aliphatic hydroxyl groups excluding tert-OH is 1. The second-order valence-electron chi connectivity index (χ2n) is 9.08. The summed E-state index contributed by atoms with van der Waals surface area (Å²) in [7, 11) is 0. The first kappa shape index (κ1) is 32.7. The maximum absolute atomic E-state index is 13.0. The van der Waals surface area contributed by atoms with Crippen molar-refractivity contribution in [3.05, 3.63) is 29.8 Å². The molecule has 1 N–H and O–H groups in total. The highest BCUT2D eigenvalue weighted by atomic mass is 16.6. The van der Waals surface area contributed by atoms with Crippen LogP contribution in [-0.4, -0.2) is 62.5 Å². The number of carbonyl (C=O) groups is 3. The molecule has 0 spiro atoms. The van der Waals surface area contributed by atoms with Crippen LogP contribution in [0.25, 0.3) is 0 Å². The van der Waals surface area contributed by atoms with Gasteiger partial charge in [-0.25, -0.2) is 4.79 Å². The predicted octanol–water partition coefficient (Wildman–Crippen LogP) is 5.45. The molecule has 0 saturated carbocycles. The Morgan fingerprint density at radius 3 is 1.68 bits per heavy atom. The molecule has 1 aromatic carbocycles. The van der Waals surface area contributed by atoms with E-state index in [4.69, 9.17) is 19.3 Å². The van der Waals surface area contributed by atoms with Crippen LogP contribution in [0, 0.1) is 0 Å². The van der Waals surface area contributed by atoms with Crippen LogP contribution in [0.3, 0.4) is 0 Å². The monoisotopic (exact) mass is 521 g/mol. The Morgan fingerprint density at radius 2 is 1.16 bits per heavy atom. The van der Waals surface area contributed by atoms with Crippen molar-refractivity contribution in [3.8, 4) is 0 Å². The molecule has 0 bridgehead atoms. The molecule has 0 unspecified atom stereocenters. The fourth-order valence-electron chi connectivity index (χ4n) is 3.82. The lowest BCUT2D eigenvalue weighted by Gasteiger charge is -2.21. The van der Waals surface area contributed by atoms with E-state index in [0.717, 1.165) is 64.2 Å². The quantitative estimate of drug-likeness (QED) is 0.160. The Balaban J connectivity index is 2.66. The average Bonchev–Trinajstić information content (AvgIpc) is 2.90. The van der Waals surface area contributed by atoms with Crippen molar-refractivity contribution in [3.63, 3.8) is 0 Å². The van der Waals surface area contributed by atoms with E-state index in [2.05, 4.69) is 13.8 Å². The van der Waals surface area contributed by atoms with Gasteiger partial charge in [0.05, 0.1) is 44.3 Å². The molecule has 210 valence electrons. The van der Waals surface area contributed by atoms with Gasteiger partial charge < -0.3 is 19.3 Å². The van der Waals surface area contributed by atoms with E-state index in [1.807, 2.05) is 0 Å². The molecule has 1 rings (SSSR count). The second kappa shape index (κ2) is 21.8. The van der Waals surface area contributed by atoms with E-state index in [9.17, 15) is 14.4 Å². The minimum Gasteiger partial charge on any atom is -0.460 e. The van der Waals surface area contributed by atoms with Crippen LogP contribution in [0.5, 0.6) is 0 Å². The summed E-state index contributed by atoms with van der Waals surface area (Å²) >= 11 is 0. The van der Waals surface area contributed by atoms with Gasteiger partial charge in [0.15, 0.2) is 0 Å². The van der Waals surface area contributed by atoms with Gasteiger partial charge in [0.1, 0.15) is 6.61 Å². The number of nitrogens with zero attached hydrogens (tertiary/aromatic N) is 1. The van der Waals surface area contributed by atoms with Crippen molar-refractivity contribution in [2.45, 2.75) is 90.9 Å². The average molecular weight is 522 g/mol. The van der Waals surface area contributed by atoms with Crippen LogP contribution in [0.15, 0.2) is 24.3 Å². The second-order valence-corrected chi connectivity index (χ2v) is 9.08. The third kappa shape index (κ3) is 14.9. The van der Waals surface area contributed by atoms with Crippen LogP contribution >= 0.6 is 0 Å². The Labute approximate surface area is 222 Å². The van der Waals surface area contributed by atoms with Gasteiger partial charge in [0.25, 0.3) is 0 Å². The molecule has 0 aliphatic heterocycles. The number of hydrogen-bond donors (Lipinski definition) is 1. The Kier molecular flexibility index (Phi) is 19.3. The fraction of sp³-hybridized carbons (Fsp3) is 0.690. The highest BCUT2D eigenvalue weighted by molar-refractivity contribution is 6.14. The maximum Gasteiger partial charge on any atom is 0.338 e. The zero-order chi connectivity index (χ0) is 27.1. The molecule has 0 fully saturated rings. The lowest BCUT2D eigenvalue weighted by atomic mass is 10.1. The van der Waals surface area contributed by atoms with Gasteiger partial charge in [-0.2, -0.15) is 0 Å². The van der Waals surface area contributed by atoms with Crippen molar-refractivity contribution in [2.75, 3.05) is 44.5 Å². The van der Waals surface area contributed by atoms with Crippen LogP contribution in [0.4, 0.5) is 5.69 Å². The predicted molar refractivity (Wildman–Crippen MR) is 145 cm³/mol. The Bertz CT molecular complexity index is 725. The number of amides is 2. The molecule has 0 aromatic heterocycles. The van der Waals surface area contributed by atoms with Crippen molar-refractivity contribution in [1.82, 2.24) is 0 Å². The topological polar surface area (TPSA) is 102 Å². The first-order valence-electron chi connectivity index (χ1n) is 13.9. The van der Waals surface area contributed by atoms with Crippen molar-refractivity contribution >= 4 is 23.5 Å². The number of ether oxygens (including phenoxy) is 3. The third-order valence-corrected chi connectivity index (χ3v) is 5.92. The van der Waals surface area contributed by atoms with Gasteiger partial charge in [-0.15, -0.1) is 0 Å². The molecule has 0 saturated heterocycles. The van der Waals surface area contributed by atoms with Gasteiger partial charge >= 0.3 is 5.97 Å². The summed E-state index contributed by atoms with van der Waals surface area (Å²) < 4.78 is 15.6. The maximum atomic E-state index is 13.0. The van der Waals surface area contributed by atoms with Crippen molar-refractivity contribution in [1.29, 1.82) is 0 Å². The summed E-state index contributed by atoms with van der Waals surface area (Å²) in [6.45, 7) is 5.58. The minimum atomic E-state index is -0.497. The number of imide groups is 1. The molecular formula is C29H47NO7. The van der Waals surface area contributed by atoms with Gasteiger partial charge in [0.2, 0.25) is 11.8 Å². The number of benzene rings is 1. The molecule has 0 atom stereocenters. The SMILES string of the molecule is CCCCCCCC(=O)N(C(=O)CCCCCCC)c1ccc(C(=O)OCCOCCOCCO)cc1. The summed E-state index contributed by atoms with van der Waals surface area (Å²) in [6, 6.07) is 6.43. The standard InChI is InChI=1S/C29H47NO7/c1-3-5-7-9-11-13-27(32)30(28(33)14-12-10-8-6-4-2)26-17-15-25(16-18-26)29(34)37-24-23-36-22-21-35-20-19-31/h15-18,31H,3-14,19-24H2,1-2H3. The molecule has 0 radical (unpaired) electrons. The van der Waals surface area contributed by atoms with E-state index in [0.29, 0.717) is 37.3 Å². The number of carbonyl (C=O) groups excluding carboxylic acids is 3. The number of unbranched alkanes of at least 4 members (excludes halogenated alkanes) is 8. The number of anilines is 1. The zero-order valence-corrected chi connectivity index (χ0v) is 22.9. The first-order valence-corrected chi connectivity index (χ1v) is 13.9. The largest absolute Gasteiger partial charge is 0.460 e. The molecule has 0 heterocycles. The first-order chi connectivity index (χ1) is 18.0. The van der Waals surface area contributed by atoms with Crippen LogP contribution in [0.1, 0.15) is 101 Å². The number of rotatable bonds is 22. The van der Waals surface area contributed by atoms with Crippen LogP contribution in [0.2, 0.25) is 0 Å². The summed E-state index contributed by atoms with van der Waals surface area (Å²) in [5.41, 5.74) is 0.828. The molecule has 8 heteroatoms. The van der Waals surface area contributed by atoms with Gasteiger partial charge in [-0.3, -0.25) is 14.5 Å². The van der Waals surface area contributed by atoms with E-state index in [1.54, 1.807) is 24.3 Å². The molecule has 8 nitrogen and oxygen atoms in total. The van der Waals surface area contributed by atoms with Crippen molar-refractivity contribution < 1.29 is 33.7 Å². The van der Waals surface area contributed by atoms with E-state index in [-0.39, 0.29) is 38.2 Å². The smallest absolute Gasteiger partial charge is 0.338 e. The van der Waals surface area contributed by atoms with Gasteiger partial charge in [0, 0.05) is 12.8 Å². The van der Waals surface area contributed by atoms with E-state index in [1.165, 1.54) is 4.90 Å². The van der Waals surface area contributed by atoms with Crippen LogP contribution < -0.4 is 4.90 Å². The highest BCUT2D eigenvalue weighted by Gasteiger charge is 2.23. The zero-order valence-electron chi connectivity index (χ0n) is 22.9. The number of hydrogen-bond acceptors (Lipinski definition) is 7. The normalized spacial score (nSPS) is 10.9. The molecule has 0 aliphatic carbocycles. The highest BCUT2D eigenvalue weighted by Crippen LogP contribution is 2.21. The molecule has 2 amide bonds. The molecular weight excluding hydrogens is 474 g/mol. The summed E-state index contributed by atoms with van der Waals surface area (Å²) in [5, 5.41) is 8.64. The molecule has 0 aliphatic rings. The minimum absolute atomic E-state index is 0.0332. The van der Waals surface area contributed by atoms with E-state index >= 15 is 0 Å². The lowest BCUT2D eigenvalue weighted by molar-refractivity contribution is -0.126. The summed E-state index contributed by atoms with van der Waals surface area (Å²) in [5.74, 6) is -0.876.